The maximum Gasteiger partial charge on any atom is 0.412 e. The molecule has 0 radical (unpaired) electrons. The summed E-state index contributed by atoms with van der Waals surface area (Å²) in [5.41, 5.74) is 0.615. The zero-order chi connectivity index (χ0) is 17.7. The van der Waals surface area contributed by atoms with E-state index in [1.54, 1.807) is 52.1 Å². The van der Waals surface area contributed by atoms with Gasteiger partial charge in [0.1, 0.15) is 11.4 Å². The molecule has 128 valence electrons. The Morgan fingerprint density at radius 1 is 1.21 bits per heavy atom. The fraction of sp³-hybridized carbons (Fsp3) is 0.333. The zero-order valence-electron chi connectivity index (χ0n) is 14.2. The van der Waals surface area contributed by atoms with Crippen molar-refractivity contribution in [1.29, 1.82) is 0 Å². The van der Waals surface area contributed by atoms with E-state index in [1.807, 2.05) is 11.4 Å². The Kier molecular flexibility index (Phi) is 5.62. The number of hydrogen-bond donors (Lipinski definition) is 1. The third-order valence-corrected chi connectivity index (χ3v) is 4.01. The molecule has 0 atom stereocenters. The maximum absolute atomic E-state index is 12.3. The van der Waals surface area contributed by atoms with E-state index in [1.165, 1.54) is 11.3 Å². The molecule has 0 saturated carbocycles. The first-order valence-electron chi connectivity index (χ1n) is 7.52. The van der Waals surface area contributed by atoms with Gasteiger partial charge >= 0.3 is 6.09 Å². The van der Waals surface area contributed by atoms with Gasteiger partial charge < -0.3 is 9.47 Å². The monoisotopic (exact) mass is 347 g/mol. The molecule has 0 saturated heterocycles. The second-order valence-electron chi connectivity index (χ2n) is 6.23. The van der Waals surface area contributed by atoms with Crippen LogP contribution >= 0.6 is 11.3 Å². The molecule has 0 aliphatic rings. The lowest BCUT2D eigenvalue weighted by Crippen LogP contribution is -2.27. The molecule has 0 bridgehead atoms. The van der Waals surface area contributed by atoms with Crippen LogP contribution in [0.25, 0.3) is 0 Å². The van der Waals surface area contributed by atoms with Crippen LogP contribution in [0.15, 0.2) is 35.7 Å². The minimum atomic E-state index is -0.601. The SMILES string of the molecule is COc1ccc(CC(=O)c2cccs2)c(NC(=O)OC(C)(C)C)c1. The zero-order valence-corrected chi connectivity index (χ0v) is 15.0. The van der Waals surface area contributed by atoms with Gasteiger partial charge in [-0.3, -0.25) is 10.1 Å². The fourth-order valence-electron chi connectivity index (χ4n) is 2.06. The number of nitrogens with one attached hydrogen (secondary N) is 1. The summed E-state index contributed by atoms with van der Waals surface area (Å²) in [5.74, 6) is 0.593. The number of hydrogen-bond acceptors (Lipinski definition) is 5. The second kappa shape index (κ2) is 7.49. The molecular formula is C18H21NO4S. The standard InChI is InChI=1S/C18H21NO4S/c1-18(2,3)23-17(21)19-14-11-13(22-4)8-7-12(14)10-15(20)16-6-5-9-24-16/h5-9,11H,10H2,1-4H3,(H,19,21). The average Bonchev–Trinajstić information content (AvgIpc) is 3.01. The van der Waals surface area contributed by atoms with Crippen LogP contribution in [-0.2, 0) is 11.2 Å². The van der Waals surface area contributed by atoms with Gasteiger partial charge in [0.2, 0.25) is 0 Å². The topological polar surface area (TPSA) is 64.6 Å². The van der Waals surface area contributed by atoms with Gasteiger partial charge in [-0.05, 0) is 43.8 Å². The largest absolute Gasteiger partial charge is 0.497 e. The first-order valence-corrected chi connectivity index (χ1v) is 8.40. The highest BCUT2D eigenvalue weighted by Gasteiger charge is 2.19. The number of ketones is 1. The van der Waals surface area contributed by atoms with Gasteiger partial charge in [0.25, 0.3) is 0 Å². The van der Waals surface area contributed by atoms with Crippen molar-refractivity contribution < 1.29 is 19.1 Å². The number of benzene rings is 1. The van der Waals surface area contributed by atoms with Crippen LogP contribution in [0.1, 0.15) is 36.0 Å². The lowest BCUT2D eigenvalue weighted by Gasteiger charge is -2.20. The lowest BCUT2D eigenvalue weighted by molar-refractivity contribution is 0.0635. The van der Waals surface area contributed by atoms with E-state index in [0.717, 1.165) is 0 Å². The van der Waals surface area contributed by atoms with Gasteiger partial charge in [-0.2, -0.15) is 0 Å². The van der Waals surface area contributed by atoms with Gasteiger partial charge in [-0.15, -0.1) is 11.3 Å². The molecule has 2 aromatic rings. The van der Waals surface area contributed by atoms with E-state index in [-0.39, 0.29) is 12.2 Å². The minimum Gasteiger partial charge on any atom is -0.497 e. The number of thiophene rings is 1. The molecular weight excluding hydrogens is 326 g/mol. The van der Waals surface area contributed by atoms with Crippen LogP contribution in [0, 0.1) is 0 Å². The van der Waals surface area contributed by atoms with E-state index >= 15 is 0 Å². The number of carbonyl (C=O) groups excluding carboxylic acids is 2. The van der Waals surface area contributed by atoms with Crippen molar-refractivity contribution in [2.45, 2.75) is 32.8 Å². The highest BCUT2D eigenvalue weighted by atomic mass is 32.1. The van der Waals surface area contributed by atoms with Gasteiger partial charge in [0.05, 0.1) is 17.7 Å². The van der Waals surface area contributed by atoms with Crippen LogP contribution in [0.5, 0.6) is 5.75 Å². The van der Waals surface area contributed by atoms with Crippen molar-refractivity contribution >= 4 is 28.9 Å². The van der Waals surface area contributed by atoms with Crippen molar-refractivity contribution in [3.05, 3.63) is 46.2 Å². The van der Waals surface area contributed by atoms with Crippen molar-refractivity contribution in [3.8, 4) is 5.75 Å². The van der Waals surface area contributed by atoms with Crippen LogP contribution < -0.4 is 10.1 Å². The number of Topliss-reactive ketones (excluding diaryl/α,β-unsaturated/α-hetero) is 1. The Labute approximate surface area is 145 Å². The van der Waals surface area contributed by atoms with E-state index in [0.29, 0.717) is 21.9 Å². The normalized spacial score (nSPS) is 11.0. The van der Waals surface area contributed by atoms with Crippen LogP contribution in [-0.4, -0.2) is 24.6 Å². The number of rotatable bonds is 5. The van der Waals surface area contributed by atoms with Crippen LogP contribution in [0.3, 0.4) is 0 Å². The third kappa shape index (κ3) is 5.09. The minimum absolute atomic E-state index is 0.00223. The molecule has 6 heteroatoms. The maximum atomic E-state index is 12.3. The van der Waals surface area contributed by atoms with Crippen molar-refractivity contribution in [2.24, 2.45) is 0 Å². The molecule has 1 amide bonds. The van der Waals surface area contributed by atoms with Gasteiger partial charge in [0, 0.05) is 12.5 Å². The number of amides is 1. The molecule has 24 heavy (non-hydrogen) atoms. The van der Waals surface area contributed by atoms with Crippen LogP contribution in [0.2, 0.25) is 0 Å². The van der Waals surface area contributed by atoms with E-state index < -0.39 is 11.7 Å². The molecule has 0 spiro atoms. The summed E-state index contributed by atoms with van der Waals surface area (Å²) in [6.45, 7) is 5.37. The molecule has 1 N–H and O–H groups in total. The summed E-state index contributed by atoms with van der Waals surface area (Å²) >= 11 is 1.40. The number of ether oxygens (including phenoxy) is 2. The number of anilines is 1. The summed E-state index contributed by atoms with van der Waals surface area (Å²) in [4.78, 5) is 25.1. The number of methoxy groups -OCH3 is 1. The highest BCUT2D eigenvalue weighted by Crippen LogP contribution is 2.25. The predicted octanol–water partition coefficient (Wildman–Crippen LogP) is 4.53. The Morgan fingerprint density at radius 3 is 2.54 bits per heavy atom. The first kappa shape index (κ1) is 18.0. The molecule has 0 aliphatic heterocycles. The molecule has 1 heterocycles. The van der Waals surface area contributed by atoms with E-state index in [4.69, 9.17) is 9.47 Å². The highest BCUT2D eigenvalue weighted by molar-refractivity contribution is 7.12. The molecule has 1 aromatic heterocycles. The van der Waals surface area contributed by atoms with E-state index in [2.05, 4.69) is 5.32 Å². The van der Waals surface area contributed by atoms with Gasteiger partial charge in [-0.1, -0.05) is 12.1 Å². The number of carbonyl (C=O) groups is 2. The Morgan fingerprint density at radius 2 is 1.96 bits per heavy atom. The molecule has 1 aromatic carbocycles. The fourth-order valence-corrected chi connectivity index (χ4v) is 2.73. The molecule has 0 aliphatic carbocycles. The third-order valence-electron chi connectivity index (χ3n) is 3.10. The molecule has 5 nitrogen and oxygen atoms in total. The molecule has 0 unspecified atom stereocenters. The summed E-state index contributed by atoms with van der Waals surface area (Å²) < 4.78 is 10.5. The van der Waals surface area contributed by atoms with Crippen molar-refractivity contribution in [1.82, 2.24) is 0 Å². The smallest absolute Gasteiger partial charge is 0.412 e. The van der Waals surface area contributed by atoms with Crippen molar-refractivity contribution in [3.63, 3.8) is 0 Å². The quantitative estimate of drug-likeness (QED) is 0.807. The predicted molar refractivity (Wildman–Crippen MR) is 95.2 cm³/mol. The Balaban J connectivity index is 2.21. The van der Waals surface area contributed by atoms with E-state index in [9.17, 15) is 9.59 Å². The average molecular weight is 347 g/mol. The first-order chi connectivity index (χ1) is 11.3. The summed E-state index contributed by atoms with van der Waals surface area (Å²) in [7, 11) is 1.54. The Hall–Kier alpha value is -2.34. The molecule has 2 rings (SSSR count). The Bertz CT molecular complexity index is 717. The second-order valence-corrected chi connectivity index (χ2v) is 7.17. The summed E-state index contributed by atoms with van der Waals surface area (Å²) in [5, 5.41) is 4.56. The lowest BCUT2D eigenvalue weighted by atomic mass is 10.1. The molecule has 0 fully saturated rings. The van der Waals surface area contributed by atoms with Crippen LogP contribution in [0.4, 0.5) is 10.5 Å². The van der Waals surface area contributed by atoms with Crippen molar-refractivity contribution in [2.75, 3.05) is 12.4 Å². The van der Waals surface area contributed by atoms with Gasteiger partial charge in [0.15, 0.2) is 5.78 Å². The van der Waals surface area contributed by atoms with Gasteiger partial charge in [-0.25, -0.2) is 4.79 Å². The summed E-state index contributed by atoms with van der Waals surface area (Å²) in [6, 6.07) is 8.85. The summed E-state index contributed by atoms with van der Waals surface area (Å²) in [6.07, 6.45) is -0.379.